The van der Waals surface area contributed by atoms with E-state index in [1.807, 2.05) is 24.4 Å². The molecule has 180 valence electrons. The van der Waals surface area contributed by atoms with Gasteiger partial charge in [0.2, 0.25) is 5.91 Å². The summed E-state index contributed by atoms with van der Waals surface area (Å²) in [6.07, 6.45) is 9.87. The number of fused-ring (bicyclic) bond motifs is 2. The third-order valence-corrected chi connectivity index (χ3v) is 8.50. The first-order valence-corrected chi connectivity index (χ1v) is 12.9. The second-order valence-electron chi connectivity index (χ2n) is 10.5. The number of benzene rings is 2. The molecule has 6 rings (SSSR count). The van der Waals surface area contributed by atoms with E-state index in [-0.39, 0.29) is 5.82 Å². The monoisotopic (exact) mass is 470 g/mol. The standard InChI is InChI=1S/C29H31FN4O/c1-17(29-33-26-15-20(28(31)35)9-12-27(26)34(29)22-3-2-4-22)18-5-7-19(8-6-18)23-13-14-32-25-11-10-21(30)16-24(23)25/h9-19,22H,2-8H2,1H3,(H2,31,35)/t17-,18?,19?/m1/s1. The van der Waals surface area contributed by atoms with Gasteiger partial charge in [-0.25, -0.2) is 9.37 Å². The minimum atomic E-state index is -0.415. The second-order valence-corrected chi connectivity index (χ2v) is 10.5. The number of nitrogens with zero attached hydrogens (tertiary/aromatic N) is 3. The van der Waals surface area contributed by atoms with Crippen LogP contribution in [0.15, 0.2) is 48.7 Å². The van der Waals surface area contributed by atoms with E-state index in [1.165, 1.54) is 30.9 Å². The normalized spacial score (nSPS) is 21.8. The van der Waals surface area contributed by atoms with E-state index in [0.29, 0.717) is 29.4 Å². The Labute approximate surface area is 204 Å². The van der Waals surface area contributed by atoms with Crippen LogP contribution >= 0.6 is 0 Å². The number of hydrogen-bond donors (Lipinski definition) is 1. The van der Waals surface area contributed by atoms with Gasteiger partial charge in [-0.15, -0.1) is 0 Å². The summed E-state index contributed by atoms with van der Waals surface area (Å²) in [4.78, 5) is 21.2. The van der Waals surface area contributed by atoms with Gasteiger partial charge in [0.05, 0.1) is 16.6 Å². The van der Waals surface area contributed by atoms with Gasteiger partial charge < -0.3 is 10.3 Å². The Kier molecular flexibility index (Phi) is 5.54. The molecule has 0 radical (unpaired) electrons. The highest BCUT2D eigenvalue weighted by atomic mass is 19.1. The molecule has 6 heteroatoms. The lowest BCUT2D eigenvalue weighted by molar-refractivity contribution is 0.100. The van der Waals surface area contributed by atoms with E-state index in [1.54, 1.807) is 12.1 Å². The molecule has 0 saturated heterocycles. The molecule has 2 fully saturated rings. The van der Waals surface area contributed by atoms with E-state index in [9.17, 15) is 9.18 Å². The lowest BCUT2D eigenvalue weighted by Crippen LogP contribution is -2.24. The summed E-state index contributed by atoms with van der Waals surface area (Å²) in [5, 5.41) is 0.945. The largest absolute Gasteiger partial charge is 0.366 e. The van der Waals surface area contributed by atoms with E-state index in [4.69, 9.17) is 10.7 Å². The van der Waals surface area contributed by atoms with Gasteiger partial charge >= 0.3 is 0 Å². The minimum Gasteiger partial charge on any atom is -0.366 e. The maximum Gasteiger partial charge on any atom is 0.248 e. The average Bonchev–Trinajstić information content (AvgIpc) is 3.20. The minimum absolute atomic E-state index is 0.205. The number of hydrogen-bond acceptors (Lipinski definition) is 3. The highest BCUT2D eigenvalue weighted by molar-refractivity contribution is 5.96. The molecule has 35 heavy (non-hydrogen) atoms. The van der Waals surface area contributed by atoms with Gasteiger partial charge in [-0.2, -0.15) is 0 Å². The molecule has 0 spiro atoms. The van der Waals surface area contributed by atoms with Crippen molar-refractivity contribution in [1.29, 1.82) is 0 Å². The van der Waals surface area contributed by atoms with Crippen molar-refractivity contribution in [2.75, 3.05) is 0 Å². The van der Waals surface area contributed by atoms with Crippen molar-refractivity contribution >= 4 is 27.8 Å². The first-order valence-electron chi connectivity index (χ1n) is 12.9. The van der Waals surface area contributed by atoms with Crippen molar-refractivity contribution < 1.29 is 9.18 Å². The Morgan fingerprint density at radius 1 is 1.03 bits per heavy atom. The van der Waals surface area contributed by atoms with Crippen LogP contribution in [0.4, 0.5) is 4.39 Å². The Balaban J connectivity index is 1.27. The second kappa shape index (κ2) is 8.74. The molecule has 0 aliphatic heterocycles. The Hall–Kier alpha value is -3.28. The zero-order valence-corrected chi connectivity index (χ0v) is 20.1. The fraction of sp³-hybridized carbons (Fsp3) is 0.414. The molecule has 2 aromatic heterocycles. The number of nitrogens with two attached hydrogens (primary N) is 1. The van der Waals surface area contributed by atoms with Crippen molar-refractivity contribution in [2.45, 2.75) is 69.7 Å². The number of pyridine rings is 1. The number of halogens is 1. The highest BCUT2D eigenvalue weighted by Gasteiger charge is 2.33. The van der Waals surface area contributed by atoms with Gasteiger partial charge in [-0.3, -0.25) is 9.78 Å². The van der Waals surface area contributed by atoms with E-state index >= 15 is 0 Å². The molecule has 4 aromatic rings. The fourth-order valence-corrected chi connectivity index (χ4v) is 6.26. The maximum absolute atomic E-state index is 14.0. The van der Waals surface area contributed by atoms with E-state index in [0.717, 1.165) is 53.4 Å². The van der Waals surface area contributed by atoms with E-state index < -0.39 is 5.91 Å². The maximum atomic E-state index is 14.0. The lowest BCUT2D eigenvalue weighted by Gasteiger charge is -2.35. The number of carbonyl (C=O) groups excluding carboxylic acids is 1. The van der Waals surface area contributed by atoms with Gasteiger partial charge in [0.25, 0.3) is 0 Å². The van der Waals surface area contributed by atoms with Crippen LogP contribution < -0.4 is 5.73 Å². The van der Waals surface area contributed by atoms with E-state index in [2.05, 4.69) is 22.5 Å². The quantitative estimate of drug-likeness (QED) is 0.356. The number of aromatic nitrogens is 3. The number of amides is 1. The average molecular weight is 471 g/mol. The van der Waals surface area contributed by atoms with Crippen LogP contribution in [-0.4, -0.2) is 20.4 Å². The molecule has 2 saturated carbocycles. The first kappa shape index (κ1) is 22.2. The zero-order valence-electron chi connectivity index (χ0n) is 20.1. The molecule has 2 N–H and O–H groups in total. The fourth-order valence-electron chi connectivity index (χ4n) is 6.26. The molecule has 0 unspecified atom stereocenters. The number of carbonyl (C=O) groups is 1. The van der Waals surface area contributed by atoms with Crippen LogP contribution in [0.5, 0.6) is 0 Å². The van der Waals surface area contributed by atoms with Crippen molar-refractivity contribution in [3.8, 4) is 0 Å². The van der Waals surface area contributed by atoms with Crippen molar-refractivity contribution in [1.82, 2.24) is 14.5 Å². The van der Waals surface area contributed by atoms with Gasteiger partial charge in [0.1, 0.15) is 11.6 Å². The summed E-state index contributed by atoms with van der Waals surface area (Å²) < 4.78 is 16.4. The summed E-state index contributed by atoms with van der Waals surface area (Å²) in [5.41, 5.74) is 10.1. The molecule has 5 nitrogen and oxygen atoms in total. The van der Waals surface area contributed by atoms with Crippen LogP contribution in [0.1, 0.15) is 91.5 Å². The van der Waals surface area contributed by atoms with Gasteiger partial charge in [-0.1, -0.05) is 6.92 Å². The molecule has 0 bridgehead atoms. The van der Waals surface area contributed by atoms with Crippen molar-refractivity contribution in [3.63, 3.8) is 0 Å². The Morgan fingerprint density at radius 2 is 1.83 bits per heavy atom. The van der Waals surface area contributed by atoms with Crippen LogP contribution in [0.25, 0.3) is 21.9 Å². The molecule has 1 amide bonds. The van der Waals surface area contributed by atoms with Crippen LogP contribution in [0.2, 0.25) is 0 Å². The highest BCUT2D eigenvalue weighted by Crippen LogP contribution is 2.45. The molecule has 2 aliphatic carbocycles. The number of imidazole rings is 1. The predicted octanol–water partition coefficient (Wildman–Crippen LogP) is 6.63. The summed E-state index contributed by atoms with van der Waals surface area (Å²) in [6.45, 7) is 2.31. The Bertz CT molecular complexity index is 1420. The van der Waals surface area contributed by atoms with Gasteiger partial charge in [0, 0.05) is 29.1 Å². The summed E-state index contributed by atoms with van der Waals surface area (Å²) in [6, 6.07) is 13.1. The topological polar surface area (TPSA) is 73.8 Å². The molecule has 2 heterocycles. The smallest absolute Gasteiger partial charge is 0.248 e. The molecular formula is C29H31FN4O. The first-order chi connectivity index (χ1) is 17.0. The van der Waals surface area contributed by atoms with Gasteiger partial charge in [0.15, 0.2) is 0 Å². The summed E-state index contributed by atoms with van der Waals surface area (Å²) in [7, 11) is 0. The van der Waals surface area contributed by atoms with Crippen molar-refractivity contribution in [3.05, 3.63) is 71.4 Å². The van der Waals surface area contributed by atoms with Crippen LogP contribution in [-0.2, 0) is 0 Å². The number of rotatable bonds is 5. The molecule has 2 aromatic carbocycles. The molecular weight excluding hydrogens is 439 g/mol. The third kappa shape index (κ3) is 3.89. The van der Waals surface area contributed by atoms with Crippen LogP contribution in [0, 0.1) is 11.7 Å². The molecule has 1 atom stereocenters. The van der Waals surface area contributed by atoms with Crippen LogP contribution in [0.3, 0.4) is 0 Å². The number of primary amides is 1. The predicted molar refractivity (Wildman–Crippen MR) is 136 cm³/mol. The summed E-state index contributed by atoms with van der Waals surface area (Å²) in [5.74, 6) is 1.82. The third-order valence-electron chi connectivity index (χ3n) is 8.50. The lowest BCUT2D eigenvalue weighted by atomic mass is 9.73. The summed E-state index contributed by atoms with van der Waals surface area (Å²) >= 11 is 0. The van der Waals surface area contributed by atoms with Gasteiger partial charge in [-0.05, 0) is 105 Å². The SMILES string of the molecule is C[C@@H](c1nc2cc(C(N)=O)ccc2n1C1CCC1)C1CCC(c2ccnc3ccc(F)cc23)CC1. The van der Waals surface area contributed by atoms with Crippen molar-refractivity contribution in [2.24, 2.45) is 11.7 Å². The Morgan fingerprint density at radius 3 is 2.54 bits per heavy atom. The zero-order chi connectivity index (χ0) is 24.1. The molecule has 2 aliphatic rings.